The minimum absolute atomic E-state index is 0.249. The third-order valence-corrected chi connectivity index (χ3v) is 4.65. The van der Waals surface area contributed by atoms with Gasteiger partial charge in [-0.25, -0.2) is 4.98 Å². The summed E-state index contributed by atoms with van der Waals surface area (Å²) in [5.41, 5.74) is 3.55. The third-order valence-electron chi connectivity index (χ3n) is 4.15. The van der Waals surface area contributed by atoms with E-state index in [1.807, 2.05) is 30.3 Å². The van der Waals surface area contributed by atoms with Crippen LogP contribution in [0.4, 0.5) is 0 Å². The smallest absolute Gasteiger partial charge is 0.257 e. The van der Waals surface area contributed by atoms with E-state index in [0.717, 1.165) is 11.1 Å². The second-order valence-electron chi connectivity index (χ2n) is 6.18. The number of amides is 1. The first kappa shape index (κ1) is 19.0. The van der Waals surface area contributed by atoms with Gasteiger partial charge in [-0.2, -0.15) is 4.98 Å². The van der Waals surface area contributed by atoms with Crippen molar-refractivity contribution in [3.63, 3.8) is 0 Å². The van der Waals surface area contributed by atoms with E-state index in [4.69, 9.17) is 28.2 Å². The molecule has 0 bridgehead atoms. The van der Waals surface area contributed by atoms with Crippen LogP contribution in [0, 0.1) is 0 Å². The maximum Gasteiger partial charge on any atom is 0.257 e. The normalized spacial score (nSPS) is 10.7. The largest absolute Gasteiger partial charge is 0.434 e. The van der Waals surface area contributed by atoms with E-state index >= 15 is 0 Å². The quantitative estimate of drug-likeness (QED) is 0.476. The van der Waals surface area contributed by atoms with E-state index in [1.165, 1.54) is 0 Å². The van der Waals surface area contributed by atoms with Gasteiger partial charge in [-0.05, 0) is 66.3 Å². The Morgan fingerprint density at radius 2 is 1.83 bits per heavy atom. The molecule has 8 heteroatoms. The number of pyridine rings is 1. The van der Waals surface area contributed by atoms with Crippen LogP contribution in [0.1, 0.15) is 15.9 Å². The van der Waals surface area contributed by atoms with E-state index in [9.17, 15) is 4.79 Å². The highest BCUT2D eigenvalue weighted by Crippen LogP contribution is 2.23. The summed E-state index contributed by atoms with van der Waals surface area (Å²) in [5, 5.41) is 6.48. The van der Waals surface area contributed by atoms with E-state index < -0.39 is 0 Å². The number of nitrogens with one attached hydrogen (secondary N) is 2. The molecule has 1 amide bonds. The fourth-order valence-electron chi connectivity index (χ4n) is 2.66. The molecule has 2 heterocycles. The first-order valence-corrected chi connectivity index (χ1v) is 9.53. The molecule has 2 aromatic heterocycles. The fourth-order valence-corrected chi connectivity index (χ4v) is 2.95. The lowest BCUT2D eigenvalue weighted by Gasteiger charge is -2.10. The Balaban J connectivity index is 1.34. The zero-order chi connectivity index (χ0) is 20.2. The molecule has 0 radical (unpaired) electrons. The van der Waals surface area contributed by atoms with Crippen LogP contribution in [0.5, 0.6) is 0 Å². The van der Waals surface area contributed by atoms with Crippen LogP contribution in [0.2, 0.25) is 5.02 Å². The Labute approximate surface area is 176 Å². The number of halogens is 1. The van der Waals surface area contributed by atoms with Crippen molar-refractivity contribution in [1.82, 2.24) is 20.6 Å². The highest BCUT2D eigenvalue weighted by Gasteiger charge is 2.10. The number of oxazole rings is 1. The van der Waals surface area contributed by atoms with Gasteiger partial charge >= 0.3 is 0 Å². The number of hydrogen-bond donors (Lipinski definition) is 2. The SMILES string of the molecule is O=C(NC(=S)NCc1ccc(-c2nc3ncccc3o2)cc1)c1ccc(Cl)cc1. The third kappa shape index (κ3) is 4.59. The van der Waals surface area contributed by atoms with Crippen molar-refractivity contribution < 1.29 is 9.21 Å². The van der Waals surface area contributed by atoms with Crippen LogP contribution in [-0.2, 0) is 6.54 Å². The summed E-state index contributed by atoms with van der Waals surface area (Å²) in [6.07, 6.45) is 1.68. The first-order chi connectivity index (χ1) is 14.1. The lowest BCUT2D eigenvalue weighted by atomic mass is 10.1. The van der Waals surface area contributed by atoms with Crippen molar-refractivity contribution in [3.05, 3.63) is 83.0 Å². The van der Waals surface area contributed by atoms with Crippen LogP contribution in [0.25, 0.3) is 22.7 Å². The summed E-state index contributed by atoms with van der Waals surface area (Å²) in [7, 11) is 0. The second-order valence-corrected chi connectivity index (χ2v) is 7.03. The number of aromatic nitrogens is 2. The Morgan fingerprint density at radius 1 is 1.07 bits per heavy atom. The highest BCUT2D eigenvalue weighted by atomic mass is 35.5. The molecule has 0 unspecified atom stereocenters. The van der Waals surface area contributed by atoms with E-state index in [2.05, 4.69) is 20.6 Å². The predicted octanol–water partition coefficient (Wildman–Crippen LogP) is 4.35. The molecule has 0 aliphatic heterocycles. The number of benzene rings is 2. The molecule has 6 nitrogen and oxygen atoms in total. The summed E-state index contributed by atoms with van der Waals surface area (Å²) in [6, 6.07) is 17.9. The highest BCUT2D eigenvalue weighted by molar-refractivity contribution is 7.80. The molecule has 0 atom stereocenters. The van der Waals surface area contributed by atoms with Gasteiger partial charge in [0.2, 0.25) is 5.89 Å². The topological polar surface area (TPSA) is 80.0 Å². The van der Waals surface area contributed by atoms with Crippen LogP contribution in [0.15, 0.2) is 71.3 Å². The Hall–Kier alpha value is -3.29. The molecule has 2 N–H and O–H groups in total. The average molecular weight is 423 g/mol. The summed E-state index contributed by atoms with van der Waals surface area (Å²) in [4.78, 5) is 20.7. The molecule has 4 rings (SSSR count). The zero-order valence-corrected chi connectivity index (χ0v) is 16.6. The standard InChI is InChI=1S/C21H15ClN4O2S/c22-16-9-7-14(8-10-16)19(27)26-21(29)24-12-13-3-5-15(6-4-13)20-25-18-17(28-20)2-1-11-23-18/h1-11H,12H2,(H2,24,26,27,29). The molecular formula is C21H15ClN4O2S. The van der Waals surface area contributed by atoms with Crippen molar-refractivity contribution in [3.8, 4) is 11.5 Å². The van der Waals surface area contributed by atoms with Gasteiger partial charge in [-0.3, -0.25) is 10.1 Å². The minimum Gasteiger partial charge on any atom is -0.434 e. The monoisotopic (exact) mass is 422 g/mol. The number of thiocarbonyl (C=S) groups is 1. The molecule has 29 heavy (non-hydrogen) atoms. The van der Waals surface area contributed by atoms with Gasteiger partial charge in [-0.15, -0.1) is 0 Å². The van der Waals surface area contributed by atoms with Gasteiger partial charge in [-0.1, -0.05) is 23.7 Å². The van der Waals surface area contributed by atoms with Crippen LogP contribution in [0.3, 0.4) is 0 Å². The number of rotatable bonds is 4. The summed E-state index contributed by atoms with van der Waals surface area (Å²) in [6.45, 7) is 0.467. The Kier molecular flexibility index (Phi) is 5.50. The first-order valence-electron chi connectivity index (χ1n) is 8.74. The molecule has 0 saturated carbocycles. The number of carbonyl (C=O) groups excluding carboxylic acids is 1. The zero-order valence-electron chi connectivity index (χ0n) is 15.1. The predicted molar refractivity (Wildman–Crippen MR) is 116 cm³/mol. The molecule has 0 fully saturated rings. The lowest BCUT2D eigenvalue weighted by Crippen LogP contribution is -2.38. The van der Waals surface area contributed by atoms with Gasteiger partial charge < -0.3 is 9.73 Å². The maximum atomic E-state index is 12.1. The molecule has 0 spiro atoms. The van der Waals surface area contributed by atoms with Gasteiger partial charge in [0, 0.05) is 28.9 Å². The van der Waals surface area contributed by atoms with Crippen molar-refractivity contribution in [2.45, 2.75) is 6.54 Å². The van der Waals surface area contributed by atoms with Gasteiger partial charge in [0.25, 0.3) is 5.91 Å². The van der Waals surface area contributed by atoms with E-state index in [-0.39, 0.29) is 11.0 Å². The van der Waals surface area contributed by atoms with Gasteiger partial charge in [0.15, 0.2) is 16.3 Å². The van der Waals surface area contributed by atoms with Crippen molar-refractivity contribution in [2.75, 3.05) is 0 Å². The van der Waals surface area contributed by atoms with E-state index in [1.54, 1.807) is 36.5 Å². The molecule has 4 aromatic rings. The van der Waals surface area contributed by atoms with Crippen molar-refractivity contribution in [2.24, 2.45) is 0 Å². The average Bonchev–Trinajstić information content (AvgIpc) is 3.17. The van der Waals surface area contributed by atoms with Crippen LogP contribution in [-0.4, -0.2) is 21.0 Å². The second kappa shape index (κ2) is 8.38. The molecule has 144 valence electrons. The number of carbonyl (C=O) groups is 1. The number of fused-ring (bicyclic) bond motifs is 1. The fraction of sp³-hybridized carbons (Fsp3) is 0.0476. The number of hydrogen-bond acceptors (Lipinski definition) is 5. The lowest BCUT2D eigenvalue weighted by molar-refractivity contribution is 0.0976. The van der Waals surface area contributed by atoms with E-state index in [0.29, 0.717) is 34.3 Å². The summed E-state index contributed by atoms with van der Waals surface area (Å²) >= 11 is 11.0. The maximum absolute atomic E-state index is 12.1. The molecule has 0 saturated heterocycles. The van der Waals surface area contributed by atoms with Crippen LogP contribution >= 0.6 is 23.8 Å². The Bertz CT molecular complexity index is 1140. The van der Waals surface area contributed by atoms with Crippen molar-refractivity contribution in [1.29, 1.82) is 0 Å². The molecule has 2 aromatic carbocycles. The summed E-state index contributed by atoms with van der Waals surface area (Å²) in [5.74, 6) is 0.225. The molecule has 0 aliphatic carbocycles. The minimum atomic E-state index is -0.293. The van der Waals surface area contributed by atoms with Crippen LogP contribution < -0.4 is 10.6 Å². The van der Waals surface area contributed by atoms with Gasteiger partial charge in [0.05, 0.1) is 0 Å². The summed E-state index contributed by atoms with van der Waals surface area (Å²) < 4.78 is 5.72. The molecular weight excluding hydrogens is 408 g/mol. The number of nitrogens with zero attached hydrogens (tertiary/aromatic N) is 2. The van der Waals surface area contributed by atoms with Crippen molar-refractivity contribution >= 4 is 46.1 Å². The molecule has 0 aliphatic rings. The van der Waals surface area contributed by atoms with Gasteiger partial charge in [0.1, 0.15) is 0 Å². The Morgan fingerprint density at radius 3 is 2.55 bits per heavy atom.